The van der Waals surface area contributed by atoms with E-state index in [0.717, 1.165) is 12.8 Å². The van der Waals surface area contributed by atoms with Gasteiger partial charge in [-0.25, -0.2) is 0 Å². The fourth-order valence-electron chi connectivity index (χ4n) is 3.24. The second kappa shape index (κ2) is 9.00. The first-order valence-electron chi connectivity index (χ1n) is 9.11. The largest absolute Gasteiger partial charge is 0.494 e. The van der Waals surface area contributed by atoms with E-state index in [9.17, 15) is 8.78 Å². The molecule has 3 rings (SSSR count). The van der Waals surface area contributed by atoms with E-state index in [1.54, 1.807) is 0 Å². The maximum atomic E-state index is 13.9. The molecule has 0 amide bonds. The van der Waals surface area contributed by atoms with E-state index in [2.05, 4.69) is 30.3 Å². The minimum atomic E-state index is -1.04. The standard InChI is InChI=1S/C22H24F2O3/c1-3-4-15-5-7-16(8-6-15)17-9-10-18(26-13-17)14-27-20-12-11-19(25-2)21(23)22(20)24/h3-8,11-12,17-18H,9-10,13-14H2,1-2H3/b4-3+. The molecule has 2 unspecified atom stereocenters. The molecule has 27 heavy (non-hydrogen) atoms. The van der Waals surface area contributed by atoms with Crippen molar-refractivity contribution < 1.29 is 23.0 Å². The van der Waals surface area contributed by atoms with Crippen molar-refractivity contribution >= 4 is 6.08 Å². The number of benzene rings is 2. The predicted octanol–water partition coefficient (Wildman–Crippen LogP) is 5.35. The van der Waals surface area contributed by atoms with Crippen molar-refractivity contribution in [3.63, 3.8) is 0 Å². The van der Waals surface area contributed by atoms with Gasteiger partial charge in [-0.1, -0.05) is 36.4 Å². The highest BCUT2D eigenvalue weighted by molar-refractivity contribution is 5.49. The fourth-order valence-corrected chi connectivity index (χ4v) is 3.24. The molecule has 0 spiro atoms. The van der Waals surface area contributed by atoms with Crippen LogP contribution in [0.3, 0.4) is 0 Å². The molecule has 0 radical (unpaired) electrons. The molecule has 0 saturated carbocycles. The van der Waals surface area contributed by atoms with Crippen LogP contribution in [-0.4, -0.2) is 26.4 Å². The molecule has 1 aliphatic rings. The number of hydrogen-bond donors (Lipinski definition) is 0. The third kappa shape index (κ3) is 4.66. The van der Waals surface area contributed by atoms with Gasteiger partial charge in [0.2, 0.25) is 11.6 Å². The van der Waals surface area contributed by atoms with E-state index in [1.165, 1.54) is 30.4 Å². The molecule has 1 heterocycles. The number of hydrogen-bond acceptors (Lipinski definition) is 3. The summed E-state index contributed by atoms with van der Waals surface area (Å²) in [5.74, 6) is -2.00. The van der Waals surface area contributed by atoms with Crippen molar-refractivity contribution in [2.45, 2.75) is 31.8 Å². The van der Waals surface area contributed by atoms with Crippen LogP contribution in [0, 0.1) is 11.6 Å². The molecule has 3 nitrogen and oxygen atoms in total. The van der Waals surface area contributed by atoms with Crippen LogP contribution >= 0.6 is 0 Å². The third-order valence-electron chi connectivity index (χ3n) is 4.79. The van der Waals surface area contributed by atoms with E-state index in [-0.39, 0.29) is 24.2 Å². The predicted molar refractivity (Wildman–Crippen MR) is 101 cm³/mol. The van der Waals surface area contributed by atoms with Crippen LogP contribution < -0.4 is 9.47 Å². The zero-order valence-corrected chi connectivity index (χ0v) is 15.6. The molecule has 1 fully saturated rings. The molecule has 2 aromatic carbocycles. The van der Waals surface area contributed by atoms with Crippen LogP contribution in [0.1, 0.15) is 36.8 Å². The fraction of sp³-hybridized carbons (Fsp3) is 0.364. The lowest BCUT2D eigenvalue weighted by Gasteiger charge is -2.29. The summed E-state index contributed by atoms with van der Waals surface area (Å²) in [6.07, 6.45) is 5.72. The number of halogens is 2. The Morgan fingerprint density at radius 3 is 2.37 bits per heavy atom. The average molecular weight is 374 g/mol. The van der Waals surface area contributed by atoms with Gasteiger partial charge in [0.1, 0.15) is 6.61 Å². The lowest BCUT2D eigenvalue weighted by molar-refractivity contribution is -0.0219. The van der Waals surface area contributed by atoms with Crippen LogP contribution in [0.15, 0.2) is 42.5 Å². The van der Waals surface area contributed by atoms with Crippen molar-refractivity contribution in [2.75, 3.05) is 20.3 Å². The third-order valence-corrected chi connectivity index (χ3v) is 4.79. The second-order valence-corrected chi connectivity index (χ2v) is 6.60. The molecule has 144 valence electrons. The lowest BCUT2D eigenvalue weighted by atomic mass is 9.91. The van der Waals surface area contributed by atoms with Crippen molar-refractivity contribution in [2.24, 2.45) is 0 Å². The maximum Gasteiger partial charge on any atom is 0.204 e. The lowest BCUT2D eigenvalue weighted by Crippen LogP contribution is -2.29. The first-order valence-corrected chi connectivity index (χ1v) is 9.11. The molecular weight excluding hydrogens is 350 g/mol. The van der Waals surface area contributed by atoms with E-state index in [0.29, 0.717) is 12.5 Å². The minimum Gasteiger partial charge on any atom is -0.494 e. The number of allylic oxidation sites excluding steroid dienone is 1. The number of rotatable bonds is 6. The summed E-state index contributed by atoms with van der Waals surface area (Å²) < 4.78 is 43.7. The first-order chi connectivity index (χ1) is 13.1. The Balaban J connectivity index is 1.52. The Hall–Kier alpha value is -2.40. The van der Waals surface area contributed by atoms with Gasteiger partial charge in [0.05, 0.1) is 19.8 Å². The second-order valence-electron chi connectivity index (χ2n) is 6.60. The van der Waals surface area contributed by atoms with Gasteiger partial charge in [0.15, 0.2) is 11.5 Å². The summed E-state index contributed by atoms with van der Waals surface area (Å²) >= 11 is 0. The Kier molecular flexibility index (Phi) is 6.45. The van der Waals surface area contributed by atoms with Crippen LogP contribution in [0.4, 0.5) is 8.78 Å². The van der Waals surface area contributed by atoms with Crippen LogP contribution in [0.2, 0.25) is 0 Å². The number of ether oxygens (including phenoxy) is 3. The van der Waals surface area contributed by atoms with E-state index in [1.807, 2.05) is 13.0 Å². The molecule has 1 aliphatic heterocycles. The molecular formula is C22H24F2O3. The Bertz CT molecular complexity index is 779. The van der Waals surface area contributed by atoms with Gasteiger partial charge < -0.3 is 14.2 Å². The van der Waals surface area contributed by atoms with Crippen molar-refractivity contribution in [3.05, 3.63) is 65.2 Å². The number of methoxy groups -OCH3 is 1. The summed E-state index contributed by atoms with van der Waals surface area (Å²) in [6, 6.07) is 11.2. The zero-order chi connectivity index (χ0) is 19.2. The summed E-state index contributed by atoms with van der Waals surface area (Å²) in [5, 5.41) is 0. The Morgan fingerprint density at radius 2 is 1.74 bits per heavy atom. The zero-order valence-electron chi connectivity index (χ0n) is 15.6. The molecule has 2 atom stereocenters. The van der Waals surface area contributed by atoms with Gasteiger partial charge in [-0.2, -0.15) is 8.78 Å². The van der Waals surface area contributed by atoms with Crippen LogP contribution in [0.5, 0.6) is 11.5 Å². The van der Waals surface area contributed by atoms with Gasteiger partial charge in [-0.15, -0.1) is 0 Å². The summed E-state index contributed by atoms with van der Waals surface area (Å²) in [4.78, 5) is 0. The van der Waals surface area contributed by atoms with Crippen molar-refractivity contribution in [1.82, 2.24) is 0 Å². The molecule has 0 bridgehead atoms. The van der Waals surface area contributed by atoms with E-state index < -0.39 is 11.6 Å². The van der Waals surface area contributed by atoms with Gasteiger partial charge in [0.25, 0.3) is 0 Å². The molecule has 0 aliphatic carbocycles. The topological polar surface area (TPSA) is 27.7 Å². The monoisotopic (exact) mass is 374 g/mol. The maximum absolute atomic E-state index is 13.9. The van der Waals surface area contributed by atoms with Gasteiger partial charge >= 0.3 is 0 Å². The SMILES string of the molecule is C/C=C/c1ccc(C2CCC(COc3ccc(OC)c(F)c3F)OC2)cc1. The van der Waals surface area contributed by atoms with Gasteiger partial charge in [-0.3, -0.25) is 0 Å². The Labute approximate surface area is 158 Å². The normalized spacial score (nSPS) is 20.0. The minimum absolute atomic E-state index is 0.126. The van der Waals surface area contributed by atoms with Gasteiger partial charge in [0, 0.05) is 5.92 Å². The molecule has 0 aromatic heterocycles. The molecule has 2 aromatic rings. The van der Waals surface area contributed by atoms with Crippen molar-refractivity contribution in [1.29, 1.82) is 0 Å². The molecule has 0 N–H and O–H groups in total. The quantitative estimate of drug-likeness (QED) is 0.682. The Morgan fingerprint density at radius 1 is 1.04 bits per heavy atom. The first kappa shape index (κ1) is 19.4. The molecule has 5 heteroatoms. The van der Waals surface area contributed by atoms with Crippen LogP contribution in [-0.2, 0) is 4.74 Å². The highest BCUT2D eigenvalue weighted by Gasteiger charge is 2.24. The summed E-state index contributed by atoms with van der Waals surface area (Å²) in [7, 11) is 1.29. The summed E-state index contributed by atoms with van der Waals surface area (Å²) in [5.41, 5.74) is 2.43. The van der Waals surface area contributed by atoms with E-state index >= 15 is 0 Å². The highest BCUT2D eigenvalue weighted by atomic mass is 19.2. The van der Waals surface area contributed by atoms with Crippen LogP contribution in [0.25, 0.3) is 6.08 Å². The van der Waals surface area contributed by atoms with E-state index in [4.69, 9.17) is 14.2 Å². The van der Waals surface area contributed by atoms with Crippen molar-refractivity contribution in [3.8, 4) is 11.5 Å². The average Bonchev–Trinajstić information content (AvgIpc) is 2.70. The molecule has 1 saturated heterocycles. The highest BCUT2D eigenvalue weighted by Crippen LogP contribution is 2.30. The summed E-state index contributed by atoms with van der Waals surface area (Å²) in [6.45, 7) is 2.78. The van der Waals surface area contributed by atoms with Gasteiger partial charge in [-0.05, 0) is 43.0 Å². The smallest absolute Gasteiger partial charge is 0.204 e.